The number of hydrogen-bond acceptors (Lipinski definition) is 6. The number of amides is 1. The summed E-state index contributed by atoms with van der Waals surface area (Å²) in [6.07, 6.45) is 5.02. The van der Waals surface area contributed by atoms with Gasteiger partial charge < -0.3 is 14.5 Å². The summed E-state index contributed by atoms with van der Waals surface area (Å²) >= 11 is 0. The Balaban J connectivity index is 1.13. The van der Waals surface area contributed by atoms with Crippen LogP contribution in [0.1, 0.15) is 49.1 Å². The van der Waals surface area contributed by atoms with Crippen LogP contribution < -0.4 is 10.1 Å². The van der Waals surface area contributed by atoms with E-state index in [9.17, 15) is 9.59 Å². The van der Waals surface area contributed by atoms with E-state index in [-0.39, 0.29) is 18.9 Å². The van der Waals surface area contributed by atoms with E-state index in [4.69, 9.17) is 9.15 Å². The lowest BCUT2D eigenvalue weighted by Gasteiger charge is -2.06. The first-order valence-electron chi connectivity index (χ1n) is 12.6. The van der Waals surface area contributed by atoms with Gasteiger partial charge in [0.1, 0.15) is 12.4 Å². The molecule has 7 nitrogen and oxygen atoms in total. The summed E-state index contributed by atoms with van der Waals surface area (Å²) in [6.45, 7) is 0.491. The predicted octanol–water partition coefficient (Wildman–Crippen LogP) is 5.69. The normalized spacial score (nSPS) is 10.7. The van der Waals surface area contributed by atoms with Crippen LogP contribution in [0.15, 0.2) is 89.3 Å². The van der Waals surface area contributed by atoms with Crippen LogP contribution in [0.4, 0.5) is 0 Å². The molecule has 0 saturated heterocycles. The Morgan fingerprint density at radius 1 is 0.757 bits per heavy atom. The number of aromatic nitrogens is 2. The van der Waals surface area contributed by atoms with Crippen molar-refractivity contribution >= 4 is 11.7 Å². The number of ether oxygens (including phenoxy) is 1. The van der Waals surface area contributed by atoms with Gasteiger partial charge in [-0.25, -0.2) is 0 Å². The van der Waals surface area contributed by atoms with Gasteiger partial charge in [-0.05, 0) is 54.7 Å². The van der Waals surface area contributed by atoms with Crippen molar-refractivity contribution in [3.63, 3.8) is 0 Å². The molecular weight excluding hydrogens is 466 g/mol. The second kappa shape index (κ2) is 13.7. The van der Waals surface area contributed by atoms with E-state index >= 15 is 0 Å². The third-order valence-corrected chi connectivity index (χ3v) is 5.93. The van der Waals surface area contributed by atoms with Crippen molar-refractivity contribution in [1.82, 2.24) is 15.5 Å². The Morgan fingerprint density at radius 2 is 1.43 bits per heavy atom. The number of nitrogens with one attached hydrogen (secondary N) is 1. The average molecular weight is 498 g/mol. The van der Waals surface area contributed by atoms with E-state index in [0.717, 1.165) is 42.6 Å². The third kappa shape index (κ3) is 8.42. The lowest BCUT2D eigenvalue weighted by atomic mass is 10.0. The molecule has 3 aromatic carbocycles. The van der Waals surface area contributed by atoms with Gasteiger partial charge in [0.2, 0.25) is 17.6 Å². The monoisotopic (exact) mass is 497 g/mol. The molecule has 0 radical (unpaired) electrons. The minimum Gasteiger partial charge on any atom is -0.489 e. The zero-order valence-corrected chi connectivity index (χ0v) is 20.8. The fourth-order valence-electron chi connectivity index (χ4n) is 3.86. The minimum atomic E-state index is -0.621. The Bertz CT molecular complexity index is 1260. The Kier molecular flexibility index (Phi) is 9.58. The van der Waals surface area contributed by atoms with Gasteiger partial charge in [-0.2, -0.15) is 0 Å². The molecule has 0 aliphatic rings. The van der Waals surface area contributed by atoms with Crippen molar-refractivity contribution in [3.05, 3.63) is 102 Å². The molecule has 0 aliphatic heterocycles. The molecule has 0 unspecified atom stereocenters. The lowest BCUT2D eigenvalue weighted by Crippen LogP contribution is -2.30. The molecule has 0 atom stereocenters. The summed E-state index contributed by atoms with van der Waals surface area (Å²) < 4.78 is 11.4. The van der Waals surface area contributed by atoms with Gasteiger partial charge in [0.25, 0.3) is 5.91 Å². The highest BCUT2D eigenvalue weighted by Gasteiger charge is 2.15. The Hall–Kier alpha value is -4.26. The Morgan fingerprint density at radius 3 is 2.16 bits per heavy atom. The van der Waals surface area contributed by atoms with Gasteiger partial charge in [-0.15, -0.1) is 10.2 Å². The molecule has 1 aromatic heterocycles. The second-order valence-electron chi connectivity index (χ2n) is 8.81. The molecule has 0 saturated carbocycles. The highest BCUT2D eigenvalue weighted by molar-refractivity contribution is 6.36. The molecule has 0 bridgehead atoms. The number of Topliss-reactive ketones (excluding diaryl/α,β-unsaturated/α-hetero) is 1. The molecule has 0 spiro atoms. The van der Waals surface area contributed by atoms with E-state index in [1.807, 2.05) is 72.8 Å². The van der Waals surface area contributed by atoms with E-state index < -0.39 is 11.7 Å². The number of unbranched alkanes of at least 4 members (excludes halogenated alkanes) is 3. The fraction of sp³-hybridized carbons (Fsp3) is 0.267. The molecule has 190 valence electrons. The topological polar surface area (TPSA) is 94.3 Å². The molecule has 1 N–H and O–H groups in total. The van der Waals surface area contributed by atoms with Crippen LogP contribution >= 0.6 is 0 Å². The molecule has 0 fully saturated rings. The SMILES string of the molecule is O=C(CCCCCCc1ccccc1)C(=O)NCc1nnc(-c2ccc(OCc3ccccc3)cc2)o1. The first kappa shape index (κ1) is 25.8. The number of rotatable bonds is 14. The fourth-order valence-corrected chi connectivity index (χ4v) is 3.86. The number of hydrogen-bond donors (Lipinski definition) is 1. The maximum Gasteiger partial charge on any atom is 0.287 e. The van der Waals surface area contributed by atoms with Gasteiger partial charge >= 0.3 is 0 Å². The molecule has 4 rings (SSSR count). The zero-order valence-electron chi connectivity index (χ0n) is 20.8. The summed E-state index contributed by atoms with van der Waals surface area (Å²) in [7, 11) is 0. The van der Waals surface area contributed by atoms with Crippen LogP contribution in [0.2, 0.25) is 0 Å². The van der Waals surface area contributed by atoms with Crippen molar-refractivity contribution in [3.8, 4) is 17.2 Å². The number of benzene rings is 3. The maximum absolute atomic E-state index is 12.1. The van der Waals surface area contributed by atoms with E-state index in [2.05, 4.69) is 27.6 Å². The van der Waals surface area contributed by atoms with Crippen LogP contribution in [0, 0.1) is 0 Å². The number of aryl methyl sites for hydroxylation is 1. The molecule has 1 amide bonds. The average Bonchev–Trinajstić information content (AvgIpc) is 3.43. The largest absolute Gasteiger partial charge is 0.489 e. The van der Waals surface area contributed by atoms with Gasteiger partial charge in [0, 0.05) is 12.0 Å². The lowest BCUT2D eigenvalue weighted by molar-refractivity contribution is -0.138. The van der Waals surface area contributed by atoms with Gasteiger partial charge in [0.05, 0.1) is 6.54 Å². The van der Waals surface area contributed by atoms with Crippen LogP contribution in [0.25, 0.3) is 11.5 Å². The van der Waals surface area contributed by atoms with Crippen LogP contribution in [0.5, 0.6) is 5.75 Å². The van der Waals surface area contributed by atoms with Crippen molar-refractivity contribution in [2.45, 2.75) is 51.7 Å². The molecule has 0 aliphatic carbocycles. The summed E-state index contributed by atoms with van der Waals surface area (Å²) in [5.41, 5.74) is 3.15. The van der Waals surface area contributed by atoms with Crippen LogP contribution in [0.3, 0.4) is 0 Å². The number of nitrogens with zero attached hydrogens (tertiary/aromatic N) is 2. The van der Waals surface area contributed by atoms with Gasteiger partial charge in [0.15, 0.2) is 0 Å². The molecule has 37 heavy (non-hydrogen) atoms. The van der Waals surface area contributed by atoms with Crippen molar-refractivity contribution < 1.29 is 18.7 Å². The summed E-state index contributed by atoms with van der Waals surface area (Å²) in [5.74, 6) is 0.259. The highest BCUT2D eigenvalue weighted by atomic mass is 16.5. The van der Waals surface area contributed by atoms with Crippen molar-refractivity contribution in [2.75, 3.05) is 0 Å². The van der Waals surface area contributed by atoms with Crippen molar-refractivity contribution in [2.24, 2.45) is 0 Å². The zero-order chi connectivity index (χ0) is 25.7. The highest BCUT2D eigenvalue weighted by Crippen LogP contribution is 2.22. The molecule has 1 heterocycles. The summed E-state index contributed by atoms with van der Waals surface area (Å²) in [6, 6.07) is 27.6. The third-order valence-electron chi connectivity index (χ3n) is 5.93. The number of ketones is 1. The van der Waals surface area contributed by atoms with E-state index in [1.165, 1.54) is 5.56 Å². The molecular formula is C30H31N3O4. The number of carbonyl (C=O) groups excluding carboxylic acids is 2. The van der Waals surface area contributed by atoms with E-state index in [1.54, 1.807) is 0 Å². The predicted molar refractivity (Wildman–Crippen MR) is 141 cm³/mol. The van der Waals surface area contributed by atoms with Crippen molar-refractivity contribution in [1.29, 1.82) is 0 Å². The first-order chi connectivity index (χ1) is 18.2. The first-order valence-corrected chi connectivity index (χ1v) is 12.6. The standard InChI is InChI=1S/C30H31N3O4/c34-27(16-10-2-1-5-11-23-12-6-3-7-13-23)29(35)31-21-28-32-33-30(37-28)25-17-19-26(20-18-25)36-22-24-14-8-4-9-15-24/h3-4,6-9,12-15,17-20H,1-2,5,10-11,16,21-22H2,(H,31,35). The maximum atomic E-state index is 12.1. The summed E-state index contributed by atoms with van der Waals surface area (Å²) in [5, 5.41) is 10.6. The van der Waals surface area contributed by atoms with Gasteiger partial charge in [-0.3, -0.25) is 9.59 Å². The van der Waals surface area contributed by atoms with Crippen LogP contribution in [-0.2, 0) is 29.2 Å². The van der Waals surface area contributed by atoms with Gasteiger partial charge in [-0.1, -0.05) is 73.5 Å². The molecule has 7 heteroatoms. The van der Waals surface area contributed by atoms with E-state index in [0.29, 0.717) is 18.9 Å². The minimum absolute atomic E-state index is 0.00686. The quantitative estimate of drug-likeness (QED) is 0.178. The smallest absolute Gasteiger partial charge is 0.287 e. The summed E-state index contributed by atoms with van der Waals surface area (Å²) in [4.78, 5) is 24.3. The second-order valence-corrected chi connectivity index (χ2v) is 8.81. The van der Waals surface area contributed by atoms with Crippen LogP contribution in [-0.4, -0.2) is 21.9 Å². The molecule has 4 aromatic rings. The number of carbonyl (C=O) groups is 2. The Labute approximate surface area is 216 Å².